The molecule has 90 valence electrons. The molecular formula is C11H13N3O3. The Morgan fingerprint density at radius 2 is 2.06 bits per heavy atom. The molecule has 6 heteroatoms. The molecule has 1 aromatic heterocycles. The standard InChI is InChI=1S/C11H13N3O3/c15-8-9-2-1-3-12-10(9)13-4-6-14(7-5-13)11(16)17/h1-3,8H,4-7H2,(H,16,17). The van der Waals surface area contributed by atoms with Gasteiger partial charge < -0.3 is 14.9 Å². The zero-order valence-corrected chi connectivity index (χ0v) is 9.24. The molecule has 0 unspecified atom stereocenters. The number of aldehydes is 1. The van der Waals surface area contributed by atoms with Crippen molar-refractivity contribution in [1.29, 1.82) is 0 Å². The van der Waals surface area contributed by atoms with Gasteiger partial charge in [0.15, 0.2) is 6.29 Å². The maximum Gasteiger partial charge on any atom is 0.407 e. The minimum Gasteiger partial charge on any atom is -0.465 e. The lowest BCUT2D eigenvalue weighted by Crippen LogP contribution is -2.48. The fourth-order valence-corrected chi connectivity index (χ4v) is 1.88. The van der Waals surface area contributed by atoms with Gasteiger partial charge in [-0.25, -0.2) is 9.78 Å². The molecule has 0 atom stereocenters. The van der Waals surface area contributed by atoms with Crippen molar-refractivity contribution in [3.63, 3.8) is 0 Å². The van der Waals surface area contributed by atoms with Crippen molar-refractivity contribution in [2.45, 2.75) is 0 Å². The highest BCUT2D eigenvalue weighted by atomic mass is 16.4. The van der Waals surface area contributed by atoms with Gasteiger partial charge >= 0.3 is 6.09 Å². The van der Waals surface area contributed by atoms with E-state index in [-0.39, 0.29) is 0 Å². The summed E-state index contributed by atoms with van der Waals surface area (Å²) in [5.41, 5.74) is 0.538. The van der Waals surface area contributed by atoms with E-state index in [1.165, 1.54) is 4.90 Å². The molecule has 1 fully saturated rings. The lowest BCUT2D eigenvalue weighted by Gasteiger charge is -2.34. The Bertz CT molecular complexity index is 428. The number of pyridine rings is 1. The summed E-state index contributed by atoms with van der Waals surface area (Å²) in [6.45, 7) is 1.99. The highest BCUT2D eigenvalue weighted by Gasteiger charge is 2.22. The van der Waals surface area contributed by atoms with E-state index in [9.17, 15) is 9.59 Å². The van der Waals surface area contributed by atoms with Crippen molar-refractivity contribution in [3.8, 4) is 0 Å². The average Bonchev–Trinajstić information content (AvgIpc) is 2.39. The molecule has 1 amide bonds. The summed E-state index contributed by atoms with van der Waals surface area (Å²) < 4.78 is 0. The third-order valence-electron chi connectivity index (χ3n) is 2.79. The predicted octanol–water partition coefficient (Wildman–Crippen LogP) is 0.694. The van der Waals surface area contributed by atoms with E-state index in [2.05, 4.69) is 4.98 Å². The van der Waals surface area contributed by atoms with E-state index in [1.807, 2.05) is 4.90 Å². The second kappa shape index (κ2) is 4.82. The number of hydrogen-bond acceptors (Lipinski definition) is 4. The molecule has 0 aliphatic carbocycles. The Hall–Kier alpha value is -2.11. The monoisotopic (exact) mass is 235 g/mol. The molecule has 2 heterocycles. The summed E-state index contributed by atoms with van der Waals surface area (Å²) >= 11 is 0. The van der Waals surface area contributed by atoms with Crippen LogP contribution in [0, 0.1) is 0 Å². The van der Waals surface area contributed by atoms with Crippen LogP contribution in [0.15, 0.2) is 18.3 Å². The van der Waals surface area contributed by atoms with Crippen LogP contribution in [0.2, 0.25) is 0 Å². The van der Waals surface area contributed by atoms with Crippen molar-refractivity contribution in [1.82, 2.24) is 9.88 Å². The van der Waals surface area contributed by atoms with E-state index in [1.54, 1.807) is 18.3 Å². The van der Waals surface area contributed by atoms with Crippen LogP contribution in [-0.2, 0) is 0 Å². The van der Waals surface area contributed by atoms with Crippen molar-refractivity contribution in [2.24, 2.45) is 0 Å². The van der Waals surface area contributed by atoms with Crippen LogP contribution in [0.3, 0.4) is 0 Å². The lowest BCUT2D eigenvalue weighted by molar-refractivity contribution is 0.112. The van der Waals surface area contributed by atoms with Gasteiger partial charge in [0.1, 0.15) is 5.82 Å². The molecule has 0 bridgehead atoms. The second-order valence-corrected chi connectivity index (χ2v) is 3.79. The summed E-state index contributed by atoms with van der Waals surface area (Å²) in [4.78, 5) is 29.1. The van der Waals surface area contributed by atoms with Gasteiger partial charge in [-0.1, -0.05) is 0 Å². The molecule has 1 aromatic rings. The quantitative estimate of drug-likeness (QED) is 0.763. The van der Waals surface area contributed by atoms with Gasteiger partial charge in [0.25, 0.3) is 0 Å². The highest BCUT2D eigenvalue weighted by molar-refractivity contribution is 5.82. The van der Waals surface area contributed by atoms with Gasteiger partial charge in [0.2, 0.25) is 0 Å². The third kappa shape index (κ3) is 2.35. The van der Waals surface area contributed by atoms with Crippen molar-refractivity contribution in [2.75, 3.05) is 31.1 Å². The van der Waals surface area contributed by atoms with E-state index in [0.29, 0.717) is 37.6 Å². The summed E-state index contributed by atoms with van der Waals surface area (Å²) in [5, 5.41) is 8.83. The number of hydrogen-bond donors (Lipinski definition) is 1. The third-order valence-corrected chi connectivity index (χ3v) is 2.79. The first-order chi connectivity index (χ1) is 8.22. The minimum atomic E-state index is -0.902. The van der Waals surface area contributed by atoms with Gasteiger partial charge in [-0.2, -0.15) is 0 Å². The first kappa shape index (κ1) is 11.4. The topological polar surface area (TPSA) is 73.7 Å². The number of amides is 1. The number of rotatable bonds is 2. The molecule has 0 radical (unpaired) electrons. The zero-order chi connectivity index (χ0) is 12.3. The molecular weight excluding hydrogens is 222 g/mol. The number of carbonyl (C=O) groups excluding carboxylic acids is 1. The summed E-state index contributed by atoms with van der Waals surface area (Å²) in [7, 11) is 0. The molecule has 1 saturated heterocycles. The van der Waals surface area contributed by atoms with Gasteiger partial charge in [-0.05, 0) is 12.1 Å². The number of anilines is 1. The summed E-state index contributed by atoms with van der Waals surface area (Å²) in [5.74, 6) is 0.632. The Morgan fingerprint density at radius 1 is 1.35 bits per heavy atom. The fraction of sp³-hybridized carbons (Fsp3) is 0.364. The van der Waals surface area contributed by atoms with Gasteiger partial charge in [0.05, 0.1) is 5.56 Å². The van der Waals surface area contributed by atoms with Crippen LogP contribution < -0.4 is 4.90 Å². The van der Waals surface area contributed by atoms with E-state index in [0.717, 1.165) is 6.29 Å². The molecule has 0 spiro atoms. The van der Waals surface area contributed by atoms with Gasteiger partial charge in [-0.15, -0.1) is 0 Å². The van der Waals surface area contributed by atoms with Crippen LogP contribution in [0.5, 0.6) is 0 Å². The van der Waals surface area contributed by atoms with Gasteiger partial charge in [-0.3, -0.25) is 4.79 Å². The Morgan fingerprint density at radius 3 is 2.65 bits per heavy atom. The number of nitrogens with zero attached hydrogens (tertiary/aromatic N) is 3. The molecule has 1 aliphatic rings. The maximum atomic E-state index is 10.9. The van der Waals surface area contributed by atoms with Crippen LogP contribution in [0.4, 0.5) is 10.6 Å². The Kier molecular flexibility index (Phi) is 3.22. The Balaban J connectivity index is 2.10. The number of aromatic nitrogens is 1. The van der Waals surface area contributed by atoms with Crippen molar-refractivity contribution >= 4 is 18.2 Å². The molecule has 0 saturated carbocycles. The molecule has 2 rings (SSSR count). The molecule has 6 nitrogen and oxygen atoms in total. The molecule has 1 N–H and O–H groups in total. The van der Waals surface area contributed by atoms with Crippen LogP contribution in [0.25, 0.3) is 0 Å². The normalized spacial score (nSPS) is 15.8. The average molecular weight is 235 g/mol. The molecule has 17 heavy (non-hydrogen) atoms. The van der Waals surface area contributed by atoms with Crippen molar-refractivity contribution < 1.29 is 14.7 Å². The lowest BCUT2D eigenvalue weighted by atomic mass is 10.2. The minimum absolute atomic E-state index is 0.435. The first-order valence-corrected chi connectivity index (χ1v) is 5.35. The number of piperazine rings is 1. The second-order valence-electron chi connectivity index (χ2n) is 3.79. The smallest absolute Gasteiger partial charge is 0.407 e. The Labute approximate surface area is 98.5 Å². The summed E-state index contributed by atoms with van der Waals surface area (Å²) in [6.07, 6.45) is 1.50. The largest absolute Gasteiger partial charge is 0.465 e. The zero-order valence-electron chi connectivity index (χ0n) is 9.24. The van der Waals surface area contributed by atoms with E-state index in [4.69, 9.17) is 5.11 Å². The first-order valence-electron chi connectivity index (χ1n) is 5.35. The van der Waals surface area contributed by atoms with E-state index < -0.39 is 6.09 Å². The van der Waals surface area contributed by atoms with Crippen LogP contribution in [-0.4, -0.2) is 53.5 Å². The van der Waals surface area contributed by atoms with Crippen LogP contribution >= 0.6 is 0 Å². The van der Waals surface area contributed by atoms with Crippen molar-refractivity contribution in [3.05, 3.63) is 23.9 Å². The number of carboxylic acid groups (broad SMARTS) is 1. The summed E-state index contributed by atoms with van der Waals surface area (Å²) in [6, 6.07) is 3.42. The number of carbonyl (C=O) groups is 2. The predicted molar refractivity (Wildman–Crippen MR) is 61.4 cm³/mol. The SMILES string of the molecule is O=Cc1cccnc1N1CCN(C(=O)O)CC1. The molecule has 0 aromatic carbocycles. The highest BCUT2D eigenvalue weighted by Crippen LogP contribution is 2.17. The van der Waals surface area contributed by atoms with E-state index >= 15 is 0 Å². The van der Waals surface area contributed by atoms with Gasteiger partial charge in [0, 0.05) is 32.4 Å². The fourth-order valence-electron chi connectivity index (χ4n) is 1.88. The van der Waals surface area contributed by atoms with Crippen LogP contribution in [0.1, 0.15) is 10.4 Å². The maximum absolute atomic E-state index is 10.9. The molecule has 1 aliphatic heterocycles.